The van der Waals surface area contributed by atoms with Gasteiger partial charge < -0.3 is 19.9 Å². The molecule has 2 atom stereocenters. The van der Waals surface area contributed by atoms with Gasteiger partial charge in [0.1, 0.15) is 23.9 Å². The lowest BCUT2D eigenvalue weighted by Crippen LogP contribution is -2.30. The number of fused-ring (bicyclic) bond motifs is 1. The summed E-state index contributed by atoms with van der Waals surface area (Å²) in [6.07, 6.45) is 5.54. The van der Waals surface area contributed by atoms with E-state index in [-0.39, 0.29) is 12.0 Å². The lowest BCUT2D eigenvalue weighted by Gasteiger charge is -2.32. The molecule has 2 aromatic heterocycles. The van der Waals surface area contributed by atoms with Crippen LogP contribution in [0.3, 0.4) is 0 Å². The lowest BCUT2D eigenvalue weighted by atomic mass is 9.76. The van der Waals surface area contributed by atoms with Gasteiger partial charge >= 0.3 is 0 Å². The minimum absolute atomic E-state index is 0.250. The fourth-order valence-electron chi connectivity index (χ4n) is 4.26. The summed E-state index contributed by atoms with van der Waals surface area (Å²) in [6, 6.07) is 3.66. The van der Waals surface area contributed by atoms with Crippen molar-refractivity contribution in [1.82, 2.24) is 15.0 Å². The first-order chi connectivity index (χ1) is 15.3. The fraction of sp³-hybridized carbons (Fsp3) is 0.500. The van der Waals surface area contributed by atoms with Gasteiger partial charge in [-0.15, -0.1) is 0 Å². The Balaban J connectivity index is 1.48. The van der Waals surface area contributed by atoms with Crippen molar-refractivity contribution in [3.63, 3.8) is 0 Å². The van der Waals surface area contributed by atoms with Gasteiger partial charge in [0.15, 0.2) is 6.10 Å². The Morgan fingerprint density at radius 2 is 2.12 bits per heavy atom. The number of pyridine rings is 1. The molecule has 2 aromatic rings. The highest BCUT2D eigenvalue weighted by Gasteiger charge is 2.34. The van der Waals surface area contributed by atoms with Crippen LogP contribution in [-0.4, -0.2) is 61.2 Å². The standard InChI is InChI=1S/C22H27N5O4S/c1-22(2)10-14(27-32(29)7-4-8-32)9-16-19(22)20(25-13-24-16)26-15-5-3-6-23-21(15)31-18-12-30-11-17(18)28/h3,5-6,9,13,17-18,28H,4,7-8,10-12H2,1-2H3,(H,24,25,26)/t17-,18-/m1/s1. The van der Waals surface area contributed by atoms with Crippen LogP contribution in [0.5, 0.6) is 5.88 Å². The van der Waals surface area contributed by atoms with Crippen molar-refractivity contribution in [2.75, 3.05) is 30.0 Å². The molecular weight excluding hydrogens is 430 g/mol. The summed E-state index contributed by atoms with van der Waals surface area (Å²) < 4.78 is 28.5. The van der Waals surface area contributed by atoms with E-state index >= 15 is 0 Å². The molecule has 9 nitrogen and oxygen atoms in total. The maximum absolute atomic E-state index is 12.6. The van der Waals surface area contributed by atoms with Crippen LogP contribution in [0.2, 0.25) is 0 Å². The minimum Gasteiger partial charge on any atom is -0.468 e. The molecule has 0 bridgehead atoms. The molecule has 32 heavy (non-hydrogen) atoms. The van der Waals surface area contributed by atoms with E-state index in [1.165, 1.54) is 6.33 Å². The van der Waals surface area contributed by atoms with Gasteiger partial charge in [-0.05, 0) is 31.1 Å². The van der Waals surface area contributed by atoms with Crippen LogP contribution in [-0.2, 0) is 19.9 Å². The molecular formula is C22H27N5O4S. The molecule has 0 spiro atoms. The molecule has 0 radical (unpaired) electrons. The van der Waals surface area contributed by atoms with Gasteiger partial charge in [0, 0.05) is 28.7 Å². The third-order valence-electron chi connectivity index (χ3n) is 5.98. The van der Waals surface area contributed by atoms with Crippen molar-refractivity contribution >= 4 is 27.3 Å². The molecule has 5 rings (SSSR count). The monoisotopic (exact) mass is 457 g/mol. The molecule has 2 N–H and O–H groups in total. The molecule has 0 aromatic carbocycles. The van der Waals surface area contributed by atoms with Gasteiger partial charge in [-0.25, -0.2) is 23.5 Å². The largest absolute Gasteiger partial charge is 0.468 e. The van der Waals surface area contributed by atoms with E-state index in [0.717, 1.165) is 23.4 Å². The van der Waals surface area contributed by atoms with Crippen LogP contribution >= 0.6 is 0 Å². The molecule has 3 aliphatic rings. The van der Waals surface area contributed by atoms with Crippen LogP contribution in [0.25, 0.3) is 6.08 Å². The van der Waals surface area contributed by atoms with Crippen molar-refractivity contribution in [2.45, 2.75) is 44.3 Å². The number of nitrogens with zero attached hydrogens (tertiary/aromatic N) is 4. The summed E-state index contributed by atoms with van der Waals surface area (Å²) in [7, 11) is -2.08. The second-order valence-electron chi connectivity index (χ2n) is 9.05. The summed E-state index contributed by atoms with van der Waals surface area (Å²) in [5.74, 6) is 2.39. The number of nitrogens with one attached hydrogen (secondary N) is 1. The molecule has 2 fully saturated rings. The molecule has 0 unspecified atom stereocenters. The first-order valence-corrected chi connectivity index (χ1v) is 12.6. The van der Waals surface area contributed by atoms with Crippen LogP contribution in [0.1, 0.15) is 37.9 Å². The Bertz CT molecular complexity index is 1180. The third-order valence-corrected chi connectivity index (χ3v) is 8.40. The number of aromatic nitrogens is 3. The minimum atomic E-state index is -2.08. The predicted octanol–water partition coefficient (Wildman–Crippen LogP) is 2.65. The highest BCUT2D eigenvalue weighted by molar-refractivity contribution is 7.94. The van der Waals surface area contributed by atoms with Crippen molar-refractivity contribution in [3.05, 3.63) is 41.6 Å². The third kappa shape index (κ3) is 4.10. The van der Waals surface area contributed by atoms with Gasteiger partial charge in [0.2, 0.25) is 5.88 Å². The number of aliphatic hydroxyl groups excluding tert-OH is 1. The van der Waals surface area contributed by atoms with Crippen molar-refractivity contribution in [2.24, 2.45) is 4.36 Å². The molecule has 170 valence electrons. The predicted molar refractivity (Wildman–Crippen MR) is 121 cm³/mol. The van der Waals surface area contributed by atoms with Gasteiger partial charge in [0.25, 0.3) is 0 Å². The van der Waals surface area contributed by atoms with E-state index in [1.807, 2.05) is 18.2 Å². The van der Waals surface area contributed by atoms with E-state index in [1.54, 1.807) is 6.20 Å². The zero-order chi connectivity index (χ0) is 22.3. The SMILES string of the molecule is CC1(C)CC(N=S2(=O)CCC2)=Cc2ncnc(Nc3cccnc3O[C@@H]3COC[C@H]3O)c21. The molecule has 1 aliphatic carbocycles. The van der Waals surface area contributed by atoms with E-state index in [9.17, 15) is 9.32 Å². The summed E-state index contributed by atoms with van der Waals surface area (Å²) in [5, 5.41) is 13.4. The molecule has 4 heterocycles. The van der Waals surface area contributed by atoms with E-state index in [0.29, 0.717) is 41.9 Å². The average Bonchev–Trinajstić information content (AvgIpc) is 3.12. The Hall–Kier alpha value is -2.56. The van der Waals surface area contributed by atoms with E-state index in [2.05, 4.69) is 38.5 Å². The second kappa shape index (κ2) is 8.09. The van der Waals surface area contributed by atoms with Crippen molar-refractivity contribution < 1.29 is 18.8 Å². The van der Waals surface area contributed by atoms with Crippen LogP contribution in [0.15, 0.2) is 34.7 Å². The first kappa shape index (κ1) is 21.3. The lowest BCUT2D eigenvalue weighted by molar-refractivity contribution is 0.0709. The molecule has 2 saturated heterocycles. The number of anilines is 2. The smallest absolute Gasteiger partial charge is 0.238 e. The molecule has 2 aliphatic heterocycles. The Morgan fingerprint density at radius 1 is 1.28 bits per heavy atom. The highest BCUT2D eigenvalue weighted by Crippen LogP contribution is 2.43. The zero-order valence-corrected chi connectivity index (χ0v) is 19.0. The van der Waals surface area contributed by atoms with Gasteiger partial charge in [-0.2, -0.15) is 0 Å². The fourth-order valence-corrected chi connectivity index (χ4v) is 5.77. The molecule has 10 heteroatoms. The van der Waals surface area contributed by atoms with E-state index in [4.69, 9.17) is 9.47 Å². The van der Waals surface area contributed by atoms with E-state index < -0.39 is 21.9 Å². The van der Waals surface area contributed by atoms with Crippen molar-refractivity contribution in [3.8, 4) is 5.88 Å². The number of ether oxygens (including phenoxy) is 2. The summed E-state index contributed by atoms with van der Waals surface area (Å²) in [5.41, 5.74) is 2.88. The number of rotatable bonds is 5. The van der Waals surface area contributed by atoms with Gasteiger partial charge in [0.05, 0.1) is 34.3 Å². The first-order valence-electron chi connectivity index (χ1n) is 10.8. The Morgan fingerprint density at radius 3 is 2.84 bits per heavy atom. The van der Waals surface area contributed by atoms with Crippen LogP contribution < -0.4 is 10.1 Å². The molecule has 0 amide bonds. The second-order valence-corrected chi connectivity index (χ2v) is 11.6. The maximum Gasteiger partial charge on any atom is 0.238 e. The topological polar surface area (TPSA) is 119 Å². The average molecular weight is 458 g/mol. The van der Waals surface area contributed by atoms with Gasteiger partial charge in [-0.3, -0.25) is 0 Å². The zero-order valence-electron chi connectivity index (χ0n) is 18.2. The number of hydrogen-bond donors (Lipinski definition) is 2. The van der Waals surface area contributed by atoms with Crippen molar-refractivity contribution in [1.29, 1.82) is 0 Å². The number of hydrogen-bond acceptors (Lipinski definition) is 9. The Kier molecular flexibility index (Phi) is 5.39. The molecule has 0 saturated carbocycles. The quantitative estimate of drug-likeness (QED) is 0.703. The number of allylic oxidation sites excluding steroid dienone is 1. The normalized spacial score (nSPS) is 25.3. The Labute approximate surface area is 187 Å². The van der Waals surface area contributed by atoms with Gasteiger partial charge in [-0.1, -0.05) is 13.8 Å². The number of aliphatic hydroxyl groups is 1. The van der Waals surface area contributed by atoms with Crippen LogP contribution in [0, 0.1) is 0 Å². The van der Waals surface area contributed by atoms with Crippen LogP contribution in [0.4, 0.5) is 11.5 Å². The summed E-state index contributed by atoms with van der Waals surface area (Å²) >= 11 is 0. The highest BCUT2D eigenvalue weighted by atomic mass is 32.2. The maximum atomic E-state index is 12.6. The summed E-state index contributed by atoms with van der Waals surface area (Å²) in [6.45, 7) is 4.79. The summed E-state index contributed by atoms with van der Waals surface area (Å²) in [4.78, 5) is 13.3.